The van der Waals surface area contributed by atoms with E-state index in [1.54, 1.807) is 35.7 Å². The van der Waals surface area contributed by atoms with Crippen LogP contribution in [0.2, 0.25) is 0 Å². The van der Waals surface area contributed by atoms with Crippen LogP contribution in [0.15, 0.2) is 64.9 Å². The minimum atomic E-state index is -3.59. The first-order valence-corrected chi connectivity index (χ1v) is 15.6. The van der Waals surface area contributed by atoms with Crippen molar-refractivity contribution in [2.45, 2.75) is 50.0 Å². The number of nitrogens with zero attached hydrogens (tertiary/aromatic N) is 3. The molecule has 2 aromatic carbocycles. The Kier molecular flexibility index (Phi) is 7.83. The second-order valence-corrected chi connectivity index (χ2v) is 13.9. The maximum atomic E-state index is 13.6. The van der Waals surface area contributed by atoms with Gasteiger partial charge in [0.1, 0.15) is 5.75 Å². The maximum Gasteiger partial charge on any atom is 0.243 e. The van der Waals surface area contributed by atoms with Crippen LogP contribution >= 0.6 is 11.3 Å². The van der Waals surface area contributed by atoms with E-state index in [-0.39, 0.29) is 11.3 Å². The molecule has 2 saturated heterocycles. The molecule has 1 amide bonds. The third-order valence-corrected chi connectivity index (χ3v) is 11.0. The van der Waals surface area contributed by atoms with Gasteiger partial charge >= 0.3 is 0 Å². The van der Waals surface area contributed by atoms with Crippen LogP contribution in [-0.4, -0.2) is 67.3 Å². The number of anilines is 1. The highest BCUT2D eigenvalue weighted by atomic mass is 32.2. The van der Waals surface area contributed by atoms with Gasteiger partial charge in [-0.1, -0.05) is 18.2 Å². The quantitative estimate of drug-likeness (QED) is 0.426. The number of amides is 1. The van der Waals surface area contributed by atoms with Gasteiger partial charge in [0.05, 0.1) is 24.2 Å². The summed E-state index contributed by atoms with van der Waals surface area (Å²) in [4.78, 5) is 19.9. The van der Waals surface area contributed by atoms with Gasteiger partial charge in [-0.25, -0.2) is 13.4 Å². The van der Waals surface area contributed by atoms with Gasteiger partial charge < -0.3 is 10.1 Å². The van der Waals surface area contributed by atoms with E-state index in [1.807, 2.05) is 49.6 Å². The molecule has 8 nitrogen and oxygen atoms in total. The fraction of sp³-hybridized carbons (Fsp3) is 0.448. The number of sulfonamides is 1. The average Bonchev–Trinajstić information content (AvgIpc) is 3.40. The molecule has 2 aliphatic heterocycles. The van der Waals surface area contributed by atoms with Crippen molar-refractivity contribution >= 4 is 32.4 Å². The van der Waals surface area contributed by atoms with E-state index in [4.69, 9.17) is 4.74 Å². The Morgan fingerprint density at radius 1 is 1.03 bits per heavy atom. The van der Waals surface area contributed by atoms with E-state index in [0.29, 0.717) is 23.1 Å². The smallest absolute Gasteiger partial charge is 0.243 e. The minimum Gasteiger partial charge on any atom is -0.497 e. The zero-order chi connectivity index (χ0) is 27.7. The summed E-state index contributed by atoms with van der Waals surface area (Å²) in [5, 5.41) is 5.46. The third kappa shape index (κ3) is 6.04. The first-order valence-electron chi connectivity index (χ1n) is 13.3. The fourth-order valence-electron chi connectivity index (χ4n) is 5.60. The lowest BCUT2D eigenvalue weighted by atomic mass is 9.69. The lowest BCUT2D eigenvalue weighted by Crippen LogP contribution is -2.59. The zero-order valence-corrected chi connectivity index (χ0v) is 24.4. The van der Waals surface area contributed by atoms with Crippen molar-refractivity contribution in [2.24, 2.45) is 5.41 Å². The van der Waals surface area contributed by atoms with E-state index < -0.39 is 15.6 Å². The number of aromatic nitrogens is 1. The number of ether oxygens (including phenoxy) is 1. The Hall–Kier alpha value is -2.79. The first kappa shape index (κ1) is 27.8. The summed E-state index contributed by atoms with van der Waals surface area (Å²) in [5.41, 5.74) is 1.28. The van der Waals surface area contributed by atoms with Crippen molar-refractivity contribution in [1.82, 2.24) is 14.2 Å². The molecule has 208 valence electrons. The molecule has 10 heteroatoms. The fourth-order valence-corrected chi connectivity index (χ4v) is 8.28. The third-order valence-electron chi connectivity index (χ3n) is 8.17. The summed E-state index contributed by atoms with van der Waals surface area (Å²) in [7, 11) is -1.96. The van der Waals surface area contributed by atoms with E-state index >= 15 is 0 Å². The zero-order valence-electron chi connectivity index (χ0n) is 22.7. The van der Waals surface area contributed by atoms with Gasteiger partial charge in [-0.3, -0.25) is 9.69 Å². The number of hydrogen-bond acceptors (Lipinski definition) is 7. The molecule has 0 saturated carbocycles. The molecule has 1 spiro atoms. The number of likely N-dealkylation sites (tertiary alicyclic amines) is 1. The SMILES string of the molecule is COc1ccc(-c2csc(NC(=O)CN3CCC4(CC3)CCC(C)(C)N(S(=O)(=O)c3ccccc3)C4)n2)cc1. The minimum absolute atomic E-state index is 0.0626. The Morgan fingerprint density at radius 2 is 1.72 bits per heavy atom. The summed E-state index contributed by atoms with van der Waals surface area (Å²) in [6, 6.07) is 16.4. The molecule has 0 radical (unpaired) electrons. The van der Waals surface area contributed by atoms with Crippen molar-refractivity contribution in [3.8, 4) is 17.0 Å². The molecular weight excluding hydrogens is 532 g/mol. The number of thiazole rings is 1. The van der Waals surface area contributed by atoms with Crippen LogP contribution in [-0.2, 0) is 14.8 Å². The highest BCUT2D eigenvalue weighted by Gasteiger charge is 2.49. The number of benzene rings is 2. The highest BCUT2D eigenvalue weighted by Crippen LogP contribution is 2.46. The van der Waals surface area contributed by atoms with Gasteiger partial charge in [-0.05, 0) is 94.4 Å². The normalized spacial score (nSPS) is 19.6. The van der Waals surface area contributed by atoms with Gasteiger partial charge in [0.15, 0.2) is 5.13 Å². The first-order chi connectivity index (χ1) is 18.6. The van der Waals surface area contributed by atoms with E-state index in [2.05, 4.69) is 15.2 Å². The summed E-state index contributed by atoms with van der Waals surface area (Å²) in [6.45, 7) is 6.40. The van der Waals surface area contributed by atoms with E-state index in [9.17, 15) is 13.2 Å². The lowest BCUT2D eigenvalue weighted by molar-refractivity contribution is -0.118. The Bertz CT molecular complexity index is 1400. The summed E-state index contributed by atoms with van der Waals surface area (Å²) in [6.07, 6.45) is 3.56. The number of methoxy groups -OCH3 is 1. The average molecular weight is 569 g/mol. The Balaban J connectivity index is 1.17. The van der Waals surface area contributed by atoms with E-state index in [0.717, 1.165) is 55.8 Å². The second-order valence-electron chi connectivity index (χ2n) is 11.2. The summed E-state index contributed by atoms with van der Waals surface area (Å²) >= 11 is 1.41. The highest BCUT2D eigenvalue weighted by molar-refractivity contribution is 7.89. The summed E-state index contributed by atoms with van der Waals surface area (Å²) < 4.78 is 34.1. The van der Waals surface area contributed by atoms with Crippen LogP contribution in [0.4, 0.5) is 5.13 Å². The van der Waals surface area contributed by atoms with Crippen molar-refractivity contribution in [2.75, 3.05) is 38.6 Å². The number of carbonyl (C=O) groups is 1. The number of hydrogen-bond donors (Lipinski definition) is 1. The predicted octanol–water partition coefficient (Wildman–Crippen LogP) is 5.10. The molecule has 0 atom stereocenters. The van der Waals surface area contributed by atoms with Gasteiger partial charge in [-0.15, -0.1) is 11.3 Å². The monoisotopic (exact) mass is 568 g/mol. The Labute approximate surface area is 235 Å². The van der Waals surface area contributed by atoms with Crippen molar-refractivity contribution in [3.63, 3.8) is 0 Å². The maximum absolute atomic E-state index is 13.6. The number of nitrogens with one attached hydrogen (secondary N) is 1. The van der Waals surface area contributed by atoms with Crippen LogP contribution in [0.1, 0.15) is 39.5 Å². The molecule has 0 unspecified atom stereocenters. The molecule has 2 fully saturated rings. The van der Waals surface area contributed by atoms with Crippen molar-refractivity contribution in [1.29, 1.82) is 0 Å². The van der Waals surface area contributed by atoms with Crippen LogP contribution < -0.4 is 10.1 Å². The van der Waals surface area contributed by atoms with Crippen molar-refractivity contribution in [3.05, 3.63) is 60.0 Å². The topological polar surface area (TPSA) is 91.8 Å². The van der Waals surface area contributed by atoms with Crippen LogP contribution in [0.5, 0.6) is 5.75 Å². The summed E-state index contributed by atoms with van der Waals surface area (Å²) in [5.74, 6) is 0.702. The molecule has 39 heavy (non-hydrogen) atoms. The molecule has 2 aliphatic rings. The molecule has 5 rings (SSSR count). The molecule has 1 aromatic heterocycles. The molecule has 3 heterocycles. The standard InChI is InChI=1S/C29H36N4O4S2/c1-28(2)13-14-29(21-33(28)39(35,36)24-7-5-4-6-8-24)15-17-32(18-16-29)19-26(34)31-27-30-25(20-38-27)22-9-11-23(37-3)12-10-22/h4-12,20H,13-19,21H2,1-3H3,(H,30,31,34). The van der Waals surface area contributed by atoms with Crippen molar-refractivity contribution < 1.29 is 17.9 Å². The predicted molar refractivity (Wildman–Crippen MR) is 154 cm³/mol. The van der Waals surface area contributed by atoms with E-state index in [1.165, 1.54) is 11.3 Å². The molecule has 1 N–H and O–H groups in total. The van der Waals surface area contributed by atoms with Crippen LogP contribution in [0, 0.1) is 5.41 Å². The van der Waals surface area contributed by atoms with Gasteiger partial charge in [0.2, 0.25) is 15.9 Å². The largest absolute Gasteiger partial charge is 0.497 e. The lowest BCUT2D eigenvalue weighted by Gasteiger charge is -2.53. The molecule has 3 aromatic rings. The van der Waals surface area contributed by atoms with Crippen LogP contribution in [0.3, 0.4) is 0 Å². The second kappa shape index (κ2) is 11.0. The molecular formula is C29H36N4O4S2. The number of piperidine rings is 2. The van der Waals surface area contributed by atoms with Gasteiger partial charge in [0, 0.05) is 23.0 Å². The Morgan fingerprint density at radius 3 is 2.38 bits per heavy atom. The van der Waals surface area contributed by atoms with Gasteiger partial charge in [-0.2, -0.15) is 4.31 Å². The molecule has 0 aliphatic carbocycles. The number of carbonyl (C=O) groups excluding carboxylic acids is 1. The number of rotatable bonds is 7. The molecule has 0 bridgehead atoms. The van der Waals surface area contributed by atoms with Crippen LogP contribution in [0.25, 0.3) is 11.3 Å². The van der Waals surface area contributed by atoms with Gasteiger partial charge in [0.25, 0.3) is 0 Å².